The number of hydrogen-bond acceptors (Lipinski definition) is 3. The van der Waals surface area contributed by atoms with Gasteiger partial charge in [-0.25, -0.2) is 15.0 Å². The average molecular weight is 265 g/mol. The van der Waals surface area contributed by atoms with E-state index in [4.69, 9.17) is 11.6 Å². The summed E-state index contributed by atoms with van der Waals surface area (Å²) >= 11 is 6.16. The Labute approximate surface area is 112 Å². The third-order valence-corrected chi connectivity index (χ3v) is 3.30. The number of imidazole rings is 1. The van der Waals surface area contributed by atoms with Crippen molar-refractivity contribution in [1.82, 2.24) is 19.5 Å². The molecule has 0 bridgehead atoms. The van der Waals surface area contributed by atoms with Crippen LogP contribution in [-0.4, -0.2) is 19.5 Å². The van der Waals surface area contributed by atoms with Crippen molar-refractivity contribution in [2.24, 2.45) is 0 Å². The zero-order chi connectivity index (χ0) is 13.1. The van der Waals surface area contributed by atoms with Gasteiger partial charge in [-0.3, -0.25) is 0 Å². The molecule has 2 aromatic rings. The van der Waals surface area contributed by atoms with E-state index in [1.807, 2.05) is 13.3 Å². The Morgan fingerprint density at radius 3 is 2.72 bits per heavy atom. The van der Waals surface area contributed by atoms with E-state index in [9.17, 15) is 0 Å². The molecule has 4 nitrogen and oxygen atoms in total. The second-order valence-electron chi connectivity index (χ2n) is 4.24. The van der Waals surface area contributed by atoms with Crippen LogP contribution in [0.5, 0.6) is 0 Å². The lowest BCUT2D eigenvalue weighted by Crippen LogP contribution is -2.04. The van der Waals surface area contributed by atoms with Gasteiger partial charge < -0.3 is 4.57 Å². The van der Waals surface area contributed by atoms with Gasteiger partial charge in [0.15, 0.2) is 5.82 Å². The summed E-state index contributed by atoms with van der Waals surface area (Å²) in [6.45, 7) is 7.06. The predicted octanol–water partition coefficient (Wildman–Crippen LogP) is 3.27. The fraction of sp³-hybridized carbons (Fsp3) is 0.462. The first kappa shape index (κ1) is 13.0. The van der Waals surface area contributed by atoms with Crippen LogP contribution in [0.1, 0.15) is 31.5 Å². The second kappa shape index (κ2) is 5.48. The van der Waals surface area contributed by atoms with Gasteiger partial charge in [-0.1, -0.05) is 25.4 Å². The number of rotatable bonds is 4. The van der Waals surface area contributed by atoms with E-state index in [0.717, 1.165) is 36.3 Å². The predicted molar refractivity (Wildman–Crippen MR) is 72.7 cm³/mol. The Morgan fingerprint density at radius 2 is 2.06 bits per heavy atom. The van der Waals surface area contributed by atoms with Crippen LogP contribution in [-0.2, 0) is 13.0 Å². The van der Waals surface area contributed by atoms with Crippen molar-refractivity contribution in [1.29, 1.82) is 0 Å². The lowest BCUT2D eigenvalue weighted by atomic mass is 10.2. The van der Waals surface area contributed by atoms with Gasteiger partial charge in [0.05, 0.1) is 12.5 Å². The Balaban J connectivity index is 2.50. The number of halogens is 1. The first-order valence-electron chi connectivity index (χ1n) is 6.20. The summed E-state index contributed by atoms with van der Waals surface area (Å²) < 4.78 is 2.06. The zero-order valence-electron chi connectivity index (χ0n) is 10.9. The molecule has 0 atom stereocenters. The SMILES string of the molecule is CCCn1cncc1-c1nc(Cl)c(C)c(CC)n1. The Morgan fingerprint density at radius 1 is 1.28 bits per heavy atom. The van der Waals surface area contributed by atoms with Crippen molar-refractivity contribution in [2.75, 3.05) is 0 Å². The third kappa shape index (κ3) is 2.38. The lowest BCUT2D eigenvalue weighted by molar-refractivity contribution is 0.681. The fourth-order valence-corrected chi connectivity index (χ4v) is 2.11. The van der Waals surface area contributed by atoms with E-state index < -0.39 is 0 Å². The second-order valence-corrected chi connectivity index (χ2v) is 4.59. The highest BCUT2D eigenvalue weighted by molar-refractivity contribution is 6.30. The van der Waals surface area contributed by atoms with Gasteiger partial charge in [-0.15, -0.1) is 0 Å². The Bertz CT molecular complexity index is 548. The van der Waals surface area contributed by atoms with Gasteiger partial charge in [0.1, 0.15) is 10.8 Å². The quantitative estimate of drug-likeness (QED) is 0.796. The van der Waals surface area contributed by atoms with E-state index in [-0.39, 0.29) is 0 Å². The van der Waals surface area contributed by atoms with Crippen molar-refractivity contribution in [2.45, 2.75) is 40.2 Å². The number of hydrogen-bond donors (Lipinski definition) is 0. The molecule has 2 aromatic heterocycles. The van der Waals surface area contributed by atoms with E-state index in [1.54, 1.807) is 6.20 Å². The molecule has 2 rings (SSSR count). The maximum atomic E-state index is 6.16. The smallest absolute Gasteiger partial charge is 0.179 e. The van der Waals surface area contributed by atoms with E-state index in [1.165, 1.54) is 0 Å². The molecule has 0 N–H and O–H groups in total. The Hall–Kier alpha value is -1.42. The molecule has 0 spiro atoms. The first-order chi connectivity index (χ1) is 8.67. The molecular formula is C13H17ClN4. The van der Waals surface area contributed by atoms with E-state index >= 15 is 0 Å². The summed E-state index contributed by atoms with van der Waals surface area (Å²) in [5.74, 6) is 0.661. The highest BCUT2D eigenvalue weighted by Gasteiger charge is 2.12. The summed E-state index contributed by atoms with van der Waals surface area (Å²) in [6, 6.07) is 0. The van der Waals surface area contributed by atoms with Crippen molar-refractivity contribution < 1.29 is 0 Å². The minimum absolute atomic E-state index is 0.529. The molecule has 0 saturated heterocycles. The molecule has 0 fully saturated rings. The number of nitrogens with zero attached hydrogens (tertiary/aromatic N) is 4. The van der Waals surface area contributed by atoms with Crippen LogP contribution in [0.2, 0.25) is 5.15 Å². The van der Waals surface area contributed by atoms with Crippen LogP contribution < -0.4 is 0 Å². The minimum atomic E-state index is 0.529. The molecule has 0 radical (unpaired) electrons. The van der Waals surface area contributed by atoms with Gasteiger partial charge in [-0.2, -0.15) is 0 Å². The maximum absolute atomic E-state index is 6.16. The normalized spacial score (nSPS) is 10.9. The lowest BCUT2D eigenvalue weighted by Gasteiger charge is -2.09. The molecular weight excluding hydrogens is 248 g/mol. The first-order valence-corrected chi connectivity index (χ1v) is 6.58. The molecule has 0 saturated carbocycles. The zero-order valence-corrected chi connectivity index (χ0v) is 11.7. The fourth-order valence-electron chi connectivity index (χ4n) is 1.92. The molecule has 0 aromatic carbocycles. The van der Waals surface area contributed by atoms with E-state index in [2.05, 4.69) is 33.4 Å². The topological polar surface area (TPSA) is 43.6 Å². The molecule has 0 aliphatic rings. The van der Waals surface area contributed by atoms with Gasteiger partial charge in [-0.05, 0) is 19.8 Å². The largest absolute Gasteiger partial charge is 0.328 e. The van der Waals surface area contributed by atoms with Gasteiger partial charge in [0.2, 0.25) is 0 Å². The highest BCUT2D eigenvalue weighted by Crippen LogP contribution is 2.22. The van der Waals surface area contributed by atoms with Gasteiger partial charge in [0.25, 0.3) is 0 Å². The van der Waals surface area contributed by atoms with Crippen LogP contribution >= 0.6 is 11.6 Å². The average Bonchev–Trinajstić information content (AvgIpc) is 2.81. The molecule has 0 aliphatic carbocycles. The van der Waals surface area contributed by atoms with Crippen molar-refractivity contribution in [3.05, 3.63) is 28.9 Å². The van der Waals surface area contributed by atoms with Gasteiger partial charge >= 0.3 is 0 Å². The minimum Gasteiger partial charge on any atom is -0.328 e. The molecule has 0 aliphatic heterocycles. The summed E-state index contributed by atoms with van der Waals surface area (Å²) in [4.78, 5) is 13.1. The van der Waals surface area contributed by atoms with Crippen LogP contribution in [0, 0.1) is 6.92 Å². The standard InChI is InChI=1S/C13H17ClN4/c1-4-6-18-8-15-7-11(18)13-16-10(5-2)9(3)12(14)17-13/h7-8H,4-6H2,1-3H3. The van der Waals surface area contributed by atoms with Gasteiger partial charge in [0, 0.05) is 17.8 Å². The van der Waals surface area contributed by atoms with Crippen LogP contribution in [0.3, 0.4) is 0 Å². The molecule has 2 heterocycles. The van der Waals surface area contributed by atoms with Crippen LogP contribution in [0.25, 0.3) is 11.5 Å². The molecule has 0 unspecified atom stereocenters. The van der Waals surface area contributed by atoms with Crippen LogP contribution in [0.15, 0.2) is 12.5 Å². The molecule has 0 amide bonds. The highest BCUT2D eigenvalue weighted by atomic mass is 35.5. The summed E-state index contributed by atoms with van der Waals surface area (Å²) in [5.41, 5.74) is 2.88. The summed E-state index contributed by atoms with van der Waals surface area (Å²) in [6.07, 6.45) is 5.49. The summed E-state index contributed by atoms with van der Waals surface area (Å²) in [7, 11) is 0. The maximum Gasteiger partial charge on any atom is 0.179 e. The van der Waals surface area contributed by atoms with Crippen molar-refractivity contribution in [3.63, 3.8) is 0 Å². The monoisotopic (exact) mass is 264 g/mol. The summed E-state index contributed by atoms with van der Waals surface area (Å²) in [5, 5.41) is 0.529. The molecule has 96 valence electrons. The third-order valence-electron chi connectivity index (χ3n) is 2.93. The molecule has 5 heteroatoms. The molecule has 18 heavy (non-hydrogen) atoms. The Kier molecular flexibility index (Phi) is 3.97. The van der Waals surface area contributed by atoms with Crippen molar-refractivity contribution in [3.8, 4) is 11.5 Å². The number of aromatic nitrogens is 4. The number of aryl methyl sites for hydroxylation is 2. The van der Waals surface area contributed by atoms with Crippen LogP contribution in [0.4, 0.5) is 0 Å². The van der Waals surface area contributed by atoms with Crippen molar-refractivity contribution >= 4 is 11.6 Å². The van der Waals surface area contributed by atoms with E-state index in [0.29, 0.717) is 11.0 Å².